The molecule has 0 aliphatic rings. The molecule has 0 bridgehead atoms. The van der Waals surface area contributed by atoms with Crippen molar-refractivity contribution in [2.45, 2.75) is 291 Å². The maximum Gasteiger partial charge on any atom is 0.306 e. The Bertz CT molecular complexity index is 885. The molecule has 344 valence electrons. The van der Waals surface area contributed by atoms with Crippen molar-refractivity contribution in [1.82, 2.24) is 0 Å². The van der Waals surface area contributed by atoms with Crippen LogP contribution < -0.4 is 0 Å². The molecule has 0 fully saturated rings. The first-order chi connectivity index (χ1) is 28.2. The lowest BCUT2D eigenvalue weighted by Gasteiger charge is -2.18. The summed E-state index contributed by atoms with van der Waals surface area (Å²) in [6.45, 7) is 11.3. The number of carbonyl (C=O) groups excluding carboxylic acids is 3. The number of unbranched alkanes of at least 4 members (excludes halogenated alkanes) is 31. The average molecular weight is 821 g/mol. The number of esters is 3. The van der Waals surface area contributed by atoms with Crippen LogP contribution in [0.25, 0.3) is 0 Å². The molecule has 0 N–H and O–H groups in total. The van der Waals surface area contributed by atoms with E-state index < -0.39 is 6.10 Å². The fraction of sp³-hybridized carbons (Fsp3) is 0.942. The van der Waals surface area contributed by atoms with E-state index in [2.05, 4.69) is 34.6 Å². The molecular weight excluding hydrogens is 721 g/mol. The van der Waals surface area contributed by atoms with E-state index in [9.17, 15) is 14.4 Å². The van der Waals surface area contributed by atoms with Crippen LogP contribution in [-0.4, -0.2) is 37.2 Å². The van der Waals surface area contributed by atoms with Gasteiger partial charge in [0, 0.05) is 19.3 Å². The highest BCUT2D eigenvalue weighted by Crippen LogP contribution is 2.17. The van der Waals surface area contributed by atoms with Crippen LogP contribution in [0, 0.1) is 11.8 Å². The second-order valence-electron chi connectivity index (χ2n) is 18.8. The van der Waals surface area contributed by atoms with Crippen LogP contribution in [0.3, 0.4) is 0 Å². The summed E-state index contributed by atoms with van der Waals surface area (Å²) in [7, 11) is 0. The minimum absolute atomic E-state index is 0.0641. The van der Waals surface area contributed by atoms with Crippen molar-refractivity contribution in [3.8, 4) is 0 Å². The molecular formula is C52H100O6. The largest absolute Gasteiger partial charge is 0.462 e. The van der Waals surface area contributed by atoms with Gasteiger partial charge in [-0.15, -0.1) is 0 Å². The predicted molar refractivity (Wildman–Crippen MR) is 247 cm³/mol. The Labute approximate surface area is 361 Å². The lowest BCUT2D eigenvalue weighted by atomic mass is 10.0. The topological polar surface area (TPSA) is 78.9 Å². The lowest BCUT2D eigenvalue weighted by molar-refractivity contribution is -0.167. The van der Waals surface area contributed by atoms with Crippen LogP contribution in [0.15, 0.2) is 0 Å². The maximum absolute atomic E-state index is 12.8. The molecule has 0 heterocycles. The predicted octanol–water partition coefficient (Wildman–Crippen LogP) is 16.5. The molecule has 6 nitrogen and oxygen atoms in total. The minimum atomic E-state index is -0.761. The van der Waals surface area contributed by atoms with Crippen LogP contribution in [-0.2, 0) is 28.6 Å². The van der Waals surface area contributed by atoms with Crippen molar-refractivity contribution in [2.75, 3.05) is 13.2 Å². The van der Waals surface area contributed by atoms with E-state index in [-0.39, 0.29) is 31.1 Å². The summed E-state index contributed by atoms with van der Waals surface area (Å²) in [5.74, 6) is 0.775. The van der Waals surface area contributed by atoms with Crippen molar-refractivity contribution in [2.24, 2.45) is 11.8 Å². The molecule has 0 aliphatic heterocycles. The van der Waals surface area contributed by atoms with E-state index in [4.69, 9.17) is 14.2 Å². The molecule has 0 aromatic carbocycles. The Kier molecular flexibility index (Phi) is 43.7. The second-order valence-corrected chi connectivity index (χ2v) is 18.8. The van der Waals surface area contributed by atoms with Gasteiger partial charge in [0.1, 0.15) is 13.2 Å². The van der Waals surface area contributed by atoms with Crippen LogP contribution in [0.2, 0.25) is 0 Å². The zero-order valence-electron chi connectivity index (χ0n) is 39.7. The lowest BCUT2D eigenvalue weighted by Crippen LogP contribution is -2.30. The fourth-order valence-electron chi connectivity index (χ4n) is 7.81. The van der Waals surface area contributed by atoms with Gasteiger partial charge < -0.3 is 14.2 Å². The van der Waals surface area contributed by atoms with E-state index in [1.807, 2.05) is 0 Å². The maximum atomic E-state index is 12.8. The summed E-state index contributed by atoms with van der Waals surface area (Å²) in [6.07, 6.45) is 45.2. The Morgan fingerprint density at radius 1 is 0.328 bits per heavy atom. The summed E-state index contributed by atoms with van der Waals surface area (Å²) in [5.41, 5.74) is 0. The van der Waals surface area contributed by atoms with Crippen molar-refractivity contribution in [3.63, 3.8) is 0 Å². The SMILES string of the molecule is CCCCCCCCCCCCCCCC(=O)O[C@H](COC(=O)CCCCCCCCCCCCCCCCC(C)C)COC(=O)CCCCCCCCCC(C)C. The zero-order chi connectivity index (χ0) is 42.6. The summed E-state index contributed by atoms with van der Waals surface area (Å²) in [4.78, 5) is 37.9. The van der Waals surface area contributed by atoms with Gasteiger partial charge in [0.2, 0.25) is 0 Å². The summed E-state index contributed by atoms with van der Waals surface area (Å²) in [5, 5.41) is 0. The van der Waals surface area contributed by atoms with Crippen molar-refractivity contribution in [3.05, 3.63) is 0 Å². The Morgan fingerprint density at radius 3 is 0.845 bits per heavy atom. The fourth-order valence-corrected chi connectivity index (χ4v) is 7.81. The summed E-state index contributed by atoms with van der Waals surface area (Å²) >= 11 is 0. The molecule has 58 heavy (non-hydrogen) atoms. The van der Waals surface area contributed by atoms with E-state index in [1.165, 1.54) is 173 Å². The number of ether oxygens (including phenoxy) is 3. The van der Waals surface area contributed by atoms with Gasteiger partial charge in [-0.2, -0.15) is 0 Å². The normalized spacial score (nSPS) is 12.1. The van der Waals surface area contributed by atoms with Crippen molar-refractivity contribution >= 4 is 17.9 Å². The molecule has 0 saturated carbocycles. The first kappa shape index (κ1) is 56.4. The number of hydrogen-bond acceptors (Lipinski definition) is 6. The molecule has 0 unspecified atom stereocenters. The molecule has 0 aromatic rings. The van der Waals surface area contributed by atoms with E-state index in [0.717, 1.165) is 69.6 Å². The van der Waals surface area contributed by atoms with Crippen LogP contribution in [0.5, 0.6) is 0 Å². The Morgan fingerprint density at radius 2 is 0.569 bits per heavy atom. The molecule has 0 rings (SSSR count). The number of carbonyl (C=O) groups is 3. The quantitative estimate of drug-likeness (QED) is 0.0346. The number of rotatable bonds is 46. The van der Waals surface area contributed by atoms with Gasteiger partial charge in [-0.25, -0.2) is 0 Å². The first-order valence-electron chi connectivity index (χ1n) is 25.7. The molecule has 0 aromatic heterocycles. The average Bonchev–Trinajstić information content (AvgIpc) is 3.19. The van der Waals surface area contributed by atoms with Gasteiger partial charge in [0.05, 0.1) is 0 Å². The molecule has 0 spiro atoms. The van der Waals surface area contributed by atoms with Gasteiger partial charge in [-0.1, -0.05) is 247 Å². The van der Waals surface area contributed by atoms with Crippen LogP contribution >= 0.6 is 0 Å². The van der Waals surface area contributed by atoms with Gasteiger partial charge in [-0.05, 0) is 31.1 Å². The van der Waals surface area contributed by atoms with E-state index >= 15 is 0 Å². The smallest absolute Gasteiger partial charge is 0.306 e. The van der Waals surface area contributed by atoms with Crippen molar-refractivity contribution in [1.29, 1.82) is 0 Å². The van der Waals surface area contributed by atoms with Gasteiger partial charge in [0.25, 0.3) is 0 Å². The minimum Gasteiger partial charge on any atom is -0.462 e. The highest BCUT2D eigenvalue weighted by atomic mass is 16.6. The molecule has 0 aliphatic carbocycles. The monoisotopic (exact) mass is 821 g/mol. The second kappa shape index (κ2) is 44.9. The number of hydrogen-bond donors (Lipinski definition) is 0. The van der Waals surface area contributed by atoms with Gasteiger partial charge in [-0.3, -0.25) is 14.4 Å². The Balaban J connectivity index is 4.27. The molecule has 0 radical (unpaired) electrons. The van der Waals surface area contributed by atoms with E-state index in [0.29, 0.717) is 19.3 Å². The summed E-state index contributed by atoms with van der Waals surface area (Å²) < 4.78 is 16.8. The summed E-state index contributed by atoms with van der Waals surface area (Å²) in [6, 6.07) is 0. The Hall–Kier alpha value is -1.59. The van der Waals surface area contributed by atoms with Gasteiger partial charge in [0.15, 0.2) is 6.10 Å². The molecule has 0 saturated heterocycles. The van der Waals surface area contributed by atoms with E-state index in [1.54, 1.807) is 0 Å². The molecule has 0 amide bonds. The van der Waals surface area contributed by atoms with Crippen LogP contribution in [0.1, 0.15) is 285 Å². The van der Waals surface area contributed by atoms with Crippen molar-refractivity contribution < 1.29 is 28.6 Å². The third-order valence-corrected chi connectivity index (χ3v) is 11.7. The molecule has 6 heteroatoms. The van der Waals surface area contributed by atoms with Crippen LogP contribution in [0.4, 0.5) is 0 Å². The highest BCUT2D eigenvalue weighted by Gasteiger charge is 2.19. The third-order valence-electron chi connectivity index (χ3n) is 11.7. The standard InChI is InChI=1S/C52H100O6/c1-6-7-8-9-10-11-12-15-20-23-28-34-39-44-52(55)58-49(46-57-51(54)43-38-33-29-24-26-31-36-41-48(4)5)45-56-50(53)42-37-32-27-22-19-17-14-13-16-18-21-25-30-35-40-47(2)3/h47-49H,6-46H2,1-5H3/t49-/m1/s1. The third kappa shape index (κ3) is 45.5. The first-order valence-corrected chi connectivity index (χ1v) is 25.7. The zero-order valence-corrected chi connectivity index (χ0v) is 39.7. The highest BCUT2D eigenvalue weighted by molar-refractivity contribution is 5.71. The molecule has 1 atom stereocenters. The van der Waals surface area contributed by atoms with Gasteiger partial charge >= 0.3 is 17.9 Å².